The molecule has 0 spiro atoms. The number of amides is 1. The summed E-state index contributed by atoms with van der Waals surface area (Å²) in [6.07, 6.45) is 1.57. The highest BCUT2D eigenvalue weighted by molar-refractivity contribution is 7.99. The van der Waals surface area contributed by atoms with Crippen LogP contribution in [0.1, 0.15) is 19.4 Å². The Bertz CT molecular complexity index is 628. The van der Waals surface area contributed by atoms with Gasteiger partial charge < -0.3 is 10.6 Å². The fraction of sp³-hybridized carbons (Fsp3) is 0.267. The first-order valence-electron chi connectivity index (χ1n) is 6.71. The van der Waals surface area contributed by atoms with Crippen molar-refractivity contribution in [2.24, 2.45) is 0 Å². The highest BCUT2D eigenvalue weighted by Crippen LogP contribution is 2.31. The van der Waals surface area contributed by atoms with Gasteiger partial charge in [-0.2, -0.15) is 0 Å². The van der Waals surface area contributed by atoms with E-state index in [1.54, 1.807) is 18.1 Å². The van der Waals surface area contributed by atoms with E-state index in [9.17, 15) is 4.79 Å². The van der Waals surface area contributed by atoms with Crippen molar-refractivity contribution < 1.29 is 4.79 Å². The molecule has 1 aromatic carbocycles. The van der Waals surface area contributed by atoms with E-state index in [1.165, 1.54) is 6.92 Å². The summed E-state index contributed by atoms with van der Waals surface area (Å²) < 4.78 is 0. The van der Waals surface area contributed by atoms with Gasteiger partial charge in [0.15, 0.2) is 0 Å². The van der Waals surface area contributed by atoms with Crippen molar-refractivity contribution in [2.75, 3.05) is 17.2 Å². The van der Waals surface area contributed by atoms with Crippen LogP contribution in [-0.4, -0.2) is 22.4 Å². The highest BCUT2D eigenvalue weighted by Gasteiger charge is 2.08. The molecule has 0 saturated carbocycles. The van der Waals surface area contributed by atoms with Crippen molar-refractivity contribution in [1.82, 2.24) is 9.97 Å². The number of benzene rings is 1. The van der Waals surface area contributed by atoms with Crippen LogP contribution < -0.4 is 10.6 Å². The Morgan fingerprint density at radius 1 is 1.24 bits per heavy atom. The number of nitrogens with zero attached hydrogens (tertiary/aromatic N) is 2. The predicted octanol–water partition coefficient (Wildman–Crippen LogP) is 3.33. The Hall–Kier alpha value is -2.08. The number of carbonyl (C=O) groups excluding carboxylic acids is 1. The smallest absolute Gasteiger partial charge is 0.221 e. The average molecular weight is 302 g/mol. The minimum atomic E-state index is -0.0719. The zero-order valence-electron chi connectivity index (χ0n) is 12.3. The molecule has 110 valence electrons. The minimum absolute atomic E-state index is 0.0719. The lowest BCUT2D eigenvalue weighted by Crippen LogP contribution is -2.05. The third kappa shape index (κ3) is 4.19. The van der Waals surface area contributed by atoms with Gasteiger partial charge in [0.25, 0.3) is 0 Å². The number of carbonyl (C=O) groups is 1. The molecule has 0 atom stereocenters. The Morgan fingerprint density at radius 3 is 2.57 bits per heavy atom. The van der Waals surface area contributed by atoms with Gasteiger partial charge in [-0.05, 0) is 38.1 Å². The summed E-state index contributed by atoms with van der Waals surface area (Å²) in [5.41, 5.74) is 1.83. The van der Waals surface area contributed by atoms with Crippen LogP contribution in [0, 0.1) is 6.92 Å². The monoisotopic (exact) mass is 302 g/mol. The molecule has 0 aliphatic rings. The van der Waals surface area contributed by atoms with E-state index in [0.717, 1.165) is 33.5 Å². The van der Waals surface area contributed by atoms with E-state index in [2.05, 4.69) is 20.6 Å². The van der Waals surface area contributed by atoms with Crippen LogP contribution in [-0.2, 0) is 4.79 Å². The quantitative estimate of drug-likeness (QED) is 0.829. The fourth-order valence-electron chi connectivity index (χ4n) is 1.80. The van der Waals surface area contributed by atoms with E-state index in [0.29, 0.717) is 0 Å². The van der Waals surface area contributed by atoms with Crippen LogP contribution in [0.2, 0.25) is 0 Å². The molecule has 1 aromatic heterocycles. The lowest BCUT2D eigenvalue weighted by molar-refractivity contribution is -0.114. The maximum atomic E-state index is 11.0. The van der Waals surface area contributed by atoms with Gasteiger partial charge in [-0.1, -0.05) is 11.8 Å². The molecule has 0 aliphatic carbocycles. The van der Waals surface area contributed by atoms with Crippen molar-refractivity contribution in [1.29, 1.82) is 0 Å². The zero-order chi connectivity index (χ0) is 15.2. The van der Waals surface area contributed by atoms with E-state index in [4.69, 9.17) is 0 Å². The summed E-state index contributed by atoms with van der Waals surface area (Å²) >= 11 is 1.58. The average Bonchev–Trinajstić information content (AvgIpc) is 2.45. The first kappa shape index (κ1) is 15.3. The topological polar surface area (TPSA) is 66.9 Å². The highest BCUT2D eigenvalue weighted by atomic mass is 32.2. The number of nitrogens with one attached hydrogen (secondary N) is 2. The van der Waals surface area contributed by atoms with Gasteiger partial charge in [0, 0.05) is 29.6 Å². The van der Waals surface area contributed by atoms with Gasteiger partial charge in [-0.25, -0.2) is 9.97 Å². The molecular formula is C15H18N4OS. The van der Waals surface area contributed by atoms with Crippen LogP contribution in [0.25, 0.3) is 0 Å². The first-order chi connectivity index (χ1) is 10.1. The predicted molar refractivity (Wildman–Crippen MR) is 85.8 cm³/mol. The summed E-state index contributed by atoms with van der Waals surface area (Å²) in [6, 6.07) is 7.69. The molecule has 2 rings (SSSR count). The number of hydrogen-bond acceptors (Lipinski definition) is 5. The van der Waals surface area contributed by atoms with Crippen molar-refractivity contribution in [2.45, 2.75) is 30.7 Å². The molecular weight excluding hydrogens is 284 g/mol. The minimum Gasteiger partial charge on any atom is -0.370 e. The lowest BCUT2D eigenvalue weighted by atomic mass is 10.3. The number of hydrogen-bond donors (Lipinski definition) is 2. The molecule has 0 unspecified atom stereocenters. The zero-order valence-corrected chi connectivity index (χ0v) is 13.1. The van der Waals surface area contributed by atoms with Crippen molar-refractivity contribution >= 4 is 29.2 Å². The van der Waals surface area contributed by atoms with Crippen LogP contribution in [0.15, 0.2) is 40.5 Å². The maximum absolute atomic E-state index is 11.0. The summed E-state index contributed by atoms with van der Waals surface area (Å²) in [6.45, 7) is 6.36. The summed E-state index contributed by atoms with van der Waals surface area (Å²) in [4.78, 5) is 20.6. The normalized spacial score (nSPS) is 10.2. The first-order valence-corrected chi connectivity index (χ1v) is 7.52. The molecule has 0 aliphatic heterocycles. The van der Waals surface area contributed by atoms with Gasteiger partial charge in [-0.15, -0.1) is 0 Å². The third-order valence-electron chi connectivity index (χ3n) is 2.77. The Morgan fingerprint density at radius 2 is 1.95 bits per heavy atom. The van der Waals surface area contributed by atoms with Crippen LogP contribution >= 0.6 is 11.8 Å². The van der Waals surface area contributed by atoms with Crippen LogP contribution in [0.4, 0.5) is 11.5 Å². The van der Waals surface area contributed by atoms with E-state index in [-0.39, 0.29) is 5.91 Å². The van der Waals surface area contributed by atoms with E-state index in [1.807, 2.05) is 38.1 Å². The van der Waals surface area contributed by atoms with Crippen LogP contribution in [0.5, 0.6) is 0 Å². The van der Waals surface area contributed by atoms with Gasteiger partial charge in [0.05, 0.1) is 0 Å². The molecule has 2 aromatic rings. The second-order valence-corrected chi connectivity index (χ2v) is 5.55. The van der Waals surface area contributed by atoms with E-state index >= 15 is 0 Å². The Balaban J connectivity index is 2.14. The van der Waals surface area contributed by atoms with Gasteiger partial charge in [-0.3, -0.25) is 4.79 Å². The molecule has 21 heavy (non-hydrogen) atoms. The Labute approximate surface area is 128 Å². The Kier molecular flexibility index (Phi) is 5.16. The van der Waals surface area contributed by atoms with Crippen molar-refractivity contribution in [3.8, 4) is 0 Å². The molecule has 0 bridgehead atoms. The standard InChI is InChI=1S/C15H18N4OS/c1-4-16-14-10(2)15(18-9-17-14)21-13-7-5-12(6-8-13)19-11(3)20/h5-9H,4H2,1-3H3,(H,19,20)(H,16,17,18). The van der Waals surface area contributed by atoms with E-state index < -0.39 is 0 Å². The maximum Gasteiger partial charge on any atom is 0.221 e. The second-order valence-electron chi connectivity index (χ2n) is 4.49. The summed E-state index contributed by atoms with van der Waals surface area (Å²) in [5.74, 6) is 0.794. The third-order valence-corrected chi connectivity index (χ3v) is 3.88. The number of rotatable bonds is 5. The second kappa shape index (κ2) is 7.08. The van der Waals surface area contributed by atoms with Gasteiger partial charge >= 0.3 is 0 Å². The molecule has 1 heterocycles. The molecule has 6 heteroatoms. The molecule has 0 saturated heterocycles. The largest absolute Gasteiger partial charge is 0.370 e. The lowest BCUT2D eigenvalue weighted by Gasteiger charge is -2.10. The van der Waals surface area contributed by atoms with Crippen molar-refractivity contribution in [3.05, 3.63) is 36.2 Å². The molecule has 2 N–H and O–H groups in total. The number of aromatic nitrogens is 2. The summed E-state index contributed by atoms with van der Waals surface area (Å²) in [5, 5.41) is 6.89. The molecule has 0 radical (unpaired) electrons. The summed E-state index contributed by atoms with van der Waals surface area (Å²) in [7, 11) is 0. The molecule has 5 nitrogen and oxygen atoms in total. The van der Waals surface area contributed by atoms with Gasteiger partial charge in [0.1, 0.15) is 17.2 Å². The molecule has 0 fully saturated rings. The molecule has 1 amide bonds. The van der Waals surface area contributed by atoms with Crippen LogP contribution in [0.3, 0.4) is 0 Å². The number of anilines is 2. The van der Waals surface area contributed by atoms with Crippen molar-refractivity contribution in [3.63, 3.8) is 0 Å². The van der Waals surface area contributed by atoms with Gasteiger partial charge in [0.2, 0.25) is 5.91 Å². The fourth-order valence-corrected chi connectivity index (χ4v) is 2.65. The SMILES string of the molecule is CCNc1ncnc(Sc2ccc(NC(C)=O)cc2)c1C.